The van der Waals surface area contributed by atoms with E-state index in [1.165, 1.54) is 18.4 Å². The fourth-order valence-electron chi connectivity index (χ4n) is 3.57. The van der Waals surface area contributed by atoms with Gasteiger partial charge in [0.1, 0.15) is 11.8 Å². The first-order valence-electron chi connectivity index (χ1n) is 9.82. The lowest BCUT2D eigenvalue weighted by Gasteiger charge is -2.26. The zero-order valence-electron chi connectivity index (χ0n) is 17.2. The number of hydrogen-bond donors (Lipinski definition) is 0. The second-order valence-corrected chi connectivity index (χ2v) is 9.46. The Labute approximate surface area is 180 Å². The number of sulfonamides is 1. The molecule has 1 aliphatic rings. The summed E-state index contributed by atoms with van der Waals surface area (Å²) < 4.78 is 33.4. The third-order valence-electron chi connectivity index (χ3n) is 5.28. The van der Waals surface area contributed by atoms with Crippen LogP contribution in [0.2, 0.25) is 0 Å². The van der Waals surface area contributed by atoms with E-state index in [0.29, 0.717) is 11.4 Å². The number of anilines is 1. The number of furan rings is 1. The van der Waals surface area contributed by atoms with Crippen LogP contribution in [-0.4, -0.2) is 30.6 Å². The van der Waals surface area contributed by atoms with Crippen LogP contribution in [0.1, 0.15) is 23.3 Å². The van der Waals surface area contributed by atoms with Gasteiger partial charge in [-0.3, -0.25) is 9.59 Å². The average Bonchev–Trinajstić information content (AvgIpc) is 3.35. The van der Waals surface area contributed by atoms with Crippen LogP contribution in [-0.2, 0) is 26.2 Å². The number of rotatable bonds is 6. The van der Waals surface area contributed by atoms with E-state index in [2.05, 4.69) is 0 Å². The van der Waals surface area contributed by atoms with Crippen LogP contribution in [0.5, 0.6) is 0 Å². The molecule has 8 heteroatoms. The van der Waals surface area contributed by atoms with Crippen molar-refractivity contribution in [2.45, 2.75) is 37.8 Å². The van der Waals surface area contributed by atoms with E-state index >= 15 is 0 Å². The van der Waals surface area contributed by atoms with E-state index in [4.69, 9.17) is 4.42 Å². The maximum atomic E-state index is 13.5. The van der Waals surface area contributed by atoms with Gasteiger partial charge in [0.25, 0.3) is 5.91 Å². The number of nitrogens with zero attached hydrogens (tertiary/aromatic N) is 2. The molecular weight excluding hydrogens is 416 g/mol. The fraction of sp³-hybridized carbons (Fsp3) is 0.217. The van der Waals surface area contributed by atoms with Gasteiger partial charge in [-0.2, -0.15) is 4.31 Å². The third-order valence-corrected chi connectivity index (χ3v) is 7.15. The number of amides is 2. The lowest BCUT2D eigenvalue weighted by Crippen LogP contribution is -2.45. The lowest BCUT2D eigenvalue weighted by molar-refractivity contribution is -0.122. The van der Waals surface area contributed by atoms with E-state index in [1.807, 2.05) is 13.8 Å². The van der Waals surface area contributed by atoms with Crippen LogP contribution < -0.4 is 4.90 Å². The molecule has 1 saturated heterocycles. The maximum Gasteiger partial charge on any atom is 0.252 e. The van der Waals surface area contributed by atoms with Crippen molar-refractivity contribution in [2.24, 2.45) is 0 Å². The molecule has 4 rings (SSSR count). The zero-order chi connectivity index (χ0) is 22.2. The van der Waals surface area contributed by atoms with E-state index in [-0.39, 0.29) is 17.9 Å². The first-order chi connectivity index (χ1) is 14.8. The SMILES string of the molecule is Cc1ccc(N2C(=O)CC(N(Cc3ccco3)S(=O)(=O)c3ccc(C)cc3)C2=O)cc1. The number of hydrogen-bond acceptors (Lipinski definition) is 5. The fourth-order valence-corrected chi connectivity index (χ4v) is 5.12. The van der Waals surface area contributed by atoms with Gasteiger partial charge in [0.05, 0.1) is 29.8 Å². The van der Waals surface area contributed by atoms with Gasteiger partial charge in [-0.1, -0.05) is 35.4 Å². The minimum absolute atomic E-state index is 0.0543. The first-order valence-corrected chi connectivity index (χ1v) is 11.3. The Balaban J connectivity index is 1.73. The largest absolute Gasteiger partial charge is 0.468 e. The second kappa shape index (κ2) is 8.13. The van der Waals surface area contributed by atoms with Crippen molar-refractivity contribution >= 4 is 27.5 Å². The van der Waals surface area contributed by atoms with Crippen LogP contribution >= 0.6 is 0 Å². The Kier molecular flexibility index (Phi) is 5.51. The molecule has 2 amide bonds. The monoisotopic (exact) mass is 438 g/mol. The minimum atomic E-state index is -4.07. The van der Waals surface area contributed by atoms with Crippen molar-refractivity contribution in [1.82, 2.24) is 4.31 Å². The molecule has 0 N–H and O–H groups in total. The summed E-state index contributed by atoms with van der Waals surface area (Å²) in [7, 11) is -4.07. The first kappa shape index (κ1) is 21.0. The summed E-state index contributed by atoms with van der Waals surface area (Å²) in [6.45, 7) is 3.60. The van der Waals surface area contributed by atoms with Crippen molar-refractivity contribution in [3.8, 4) is 0 Å². The van der Waals surface area contributed by atoms with Gasteiger partial charge in [-0.15, -0.1) is 0 Å². The van der Waals surface area contributed by atoms with E-state index in [0.717, 1.165) is 20.3 Å². The van der Waals surface area contributed by atoms with Crippen LogP contribution in [0, 0.1) is 13.8 Å². The summed E-state index contributed by atoms with van der Waals surface area (Å²) in [6.07, 6.45) is 1.20. The molecule has 1 atom stereocenters. The van der Waals surface area contributed by atoms with Crippen molar-refractivity contribution in [1.29, 1.82) is 0 Å². The Morgan fingerprint density at radius 2 is 1.58 bits per heavy atom. The molecule has 1 aliphatic heterocycles. The molecule has 7 nitrogen and oxygen atoms in total. The topological polar surface area (TPSA) is 87.9 Å². The number of aryl methyl sites for hydroxylation is 2. The summed E-state index contributed by atoms with van der Waals surface area (Å²) in [4.78, 5) is 27.1. The lowest BCUT2D eigenvalue weighted by atomic mass is 10.2. The van der Waals surface area contributed by atoms with Crippen molar-refractivity contribution in [3.63, 3.8) is 0 Å². The normalized spacial score (nSPS) is 17.0. The molecule has 1 unspecified atom stereocenters. The van der Waals surface area contributed by atoms with Gasteiger partial charge in [0.2, 0.25) is 15.9 Å². The van der Waals surface area contributed by atoms with Crippen molar-refractivity contribution < 1.29 is 22.4 Å². The van der Waals surface area contributed by atoms with Gasteiger partial charge in [-0.05, 0) is 50.2 Å². The van der Waals surface area contributed by atoms with Gasteiger partial charge in [0, 0.05) is 0 Å². The third kappa shape index (κ3) is 4.04. The summed E-state index contributed by atoms with van der Waals surface area (Å²) in [5, 5.41) is 0. The highest BCUT2D eigenvalue weighted by atomic mass is 32.2. The summed E-state index contributed by atoms with van der Waals surface area (Å²) in [6, 6.07) is 15.5. The van der Waals surface area contributed by atoms with E-state index < -0.39 is 27.9 Å². The van der Waals surface area contributed by atoms with Crippen LogP contribution in [0.4, 0.5) is 5.69 Å². The predicted octanol–water partition coefficient (Wildman–Crippen LogP) is 3.42. The summed E-state index contributed by atoms with van der Waals surface area (Å²) in [5.41, 5.74) is 2.32. The molecule has 0 bridgehead atoms. The summed E-state index contributed by atoms with van der Waals surface area (Å²) in [5.74, 6) is -0.636. The highest BCUT2D eigenvalue weighted by molar-refractivity contribution is 7.89. The Morgan fingerprint density at radius 1 is 0.968 bits per heavy atom. The van der Waals surface area contributed by atoms with Crippen LogP contribution in [0.25, 0.3) is 0 Å². The highest BCUT2D eigenvalue weighted by Gasteiger charge is 2.47. The zero-order valence-corrected chi connectivity index (χ0v) is 18.0. The van der Waals surface area contributed by atoms with Crippen LogP contribution in [0.3, 0.4) is 0 Å². The van der Waals surface area contributed by atoms with Gasteiger partial charge >= 0.3 is 0 Å². The molecule has 0 radical (unpaired) electrons. The molecule has 0 saturated carbocycles. The minimum Gasteiger partial charge on any atom is -0.468 e. The second-order valence-electron chi connectivity index (χ2n) is 7.57. The quantitative estimate of drug-likeness (QED) is 0.551. The van der Waals surface area contributed by atoms with Crippen molar-refractivity contribution in [3.05, 3.63) is 83.8 Å². The van der Waals surface area contributed by atoms with Crippen molar-refractivity contribution in [2.75, 3.05) is 4.90 Å². The molecule has 31 heavy (non-hydrogen) atoms. The van der Waals surface area contributed by atoms with Gasteiger partial charge < -0.3 is 4.42 Å². The number of carbonyl (C=O) groups excluding carboxylic acids is 2. The smallest absolute Gasteiger partial charge is 0.252 e. The van der Waals surface area contributed by atoms with Crippen LogP contribution in [0.15, 0.2) is 76.2 Å². The van der Waals surface area contributed by atoms with E-state index in [1.54, 1.807) is 48.5 Å². The molecule has 3 aromatic rings. The Hall–Kier alpha value is -3.23. The molecule has 0 aliphatic carbocycles. The number of benzene rings is 2. The maximum absolute atomic E-state index is 13.5. The molecule has 2 heterocycles. The van der Waals surface area contributed by atoms with Gasteiger partial charge in [0.15, 0.2) is 0 Å². The molecule has 2 aromatic carbocycles. The highest BCUT2D eigenvalue weighted by Crippen LogP contribution is 2.31. The Bertz CT molecular complexity index is 1200. The summed E-state index contributed by atoms with van der Waals surface area (Å²) >= 11 is 0. The van der Waals surface area contributed by atoms with E-state index in [9.17, 15) is 18.0 Å². The Morgan fingerprint density at radius 3 is 2.16 bits per heavy atom. The molecular formula is C23H22N2O5S. The average molecular weight is 439 g/mol. The molecule has 160 valence electrons. The number of imide groups is 1. The predicted molar refractivity (Wildman–Crippen MR) is 115 cm³/mol. The molecule has 1 fully saturated rings. The molecule has 0 spiro atoms. The standard InChI is InChI=1S/C23H22N2O5S/c1-16-5-9-18(10-6-16)25-22(26)14-21(23(25)27)24(15-19-4-3-13-30-19)31(28,29)20-11-7-17(2)8-12-20/h3-13,21H,14-15H2,1-2H3. The van der Waals surface area contributed by atoms with Gasteiger partial charge in [-0.25, -0.2) is 13.3 Å². The number of carbonyl (C=O) groups is 2. The molecule has 1 aromatic heterocycles.